The molecule has 1 saturated carbocycles. The van der Waals surface area contributed by atoms with Gasteiger partial charge in [0.15, 0.2) is 0 Å². The predicted octanol–water partition coefficient (Wildman–Crippen LogP) is 2.56. The van der Waals surface area contributed by atoms with Gasteiger partial charge in [-0.2, -0.15) is 0 Å². The third-order valence-electron chi connectivity index (χ3n) is 4.08. The lowest BCUT2D eigenvalue weighted by Gasteiger charge is -2.35. The molecule has 1 fully saturated rings. The van der Waals surface area contributed by atoms with Crippen molar-refractivity contribution in [3.63, 3.8) is 0 Å². The van der Waals surface area contributed by atoms with E-state index in [-0.39, 0.29) is 11.9 Å². The number of hydrogen-bond donors (Lipinski definition) is 2. The number of furan rings is 1. The number of nitrogens with two attached hydrogens (primary N) is 1. The van der Waals surface area contributed by atoms with Crippen LogP contribution in [-0.4, -0.2) is 16.9 Å². The van der Waals surface area contributed by atoms with Crippen LogP contribution in [0.1, 0.15) is 44.8 Å². The molecule has 2 rings (SSSR count). The smallest absolute Gasteiger partial charge is 0.233 e. The summed E-state index contributed by atoms with van der Waals surface area (Å²) in [5.41, 5.74) is 5.22. The van der Waals surface area contributed by atoms with E-state index < -0.39 is 5.41 Å². The Hall–Kier alpha value is -1.36. The molecule has 1 amide bonds. The van der Waals surface area contributed by atoms with Crippen LogP contribution in [0.5, 0.6) is 0 Å². The van der Waals surface area contributed by atoms with Gasteiger partial charge in [0.05, 0.1) is 16.7 Å². The summed E-state index contributed by atoms with van der Waals surface area (Å²) in [6.07, 6.45) is 7.02. The van der Waals surface area contributed by atoms with Crippen LogP contribution in [0.3, 0.4) is 0 Å². The lowest BCUT2D eigenvalue weighted by atomic mass is 9.73. The third kappa shape index (κ3) is 3.20. The molecular weight excluding hydrogens is 272 g/mol. The highest BCUT2D eigenvalue weighted by Gasteiger charge is 2.42. The van der Waals surface area contributed by atoms with E-state index in [2.05, 4.69) is 5.32 Å². The van der Waals surface area contributed by atoms with Crippen molar-refractivity contribution < 1.29 is 9.21 Å². The van der Waals surface area contributed by atoms with Crippen molar-refractivity contribution >= 4 is 23.1 Å². The van der Waals surface area contributed by atoms with E-state index in [1.165, 1.54) is 0 Å². The number of carbonyl (C=O) groups is 1. The number of amides is 1. The molecule has 20 heavy (non-hydrogen) atoms. The lowest BCUT2D eigenvalue weighted by molar-refractivity contribution is -0.129. The predicted molar refractivity (Wildman–Crippen MR) is 82.3 cm³/mol. The molecule has 1 atom stereocenters. The second-order valence-electron chi connectivity index (χ2n) is 5.67. The molecule has 4 nitrogen and oxygen atoms in total. The van der Waals surface area contributed by atoms with E-state index in [1.54, 1.807) is 6.26 Å². The molecule has 5 heteroatoms. The van der Waals surface area contributed by atoms with E-state index in [0.717, 1.165) is 37.9 Å². The van der Waals surface area contributed by atoms with Gasteiger partial charge in [-0.1, -0.05) is 31.5 Å². The molecule has 3 N–H and O–H groups in total. The van der Waals surface area contributed by atoms with Crippen LogP contribution >= 0.6 is 12.2 Å². The zero-order valence-electron chi connectivity index (χ0n) is 11.9. The summed E-state index contributed by atoms with van der Waals surface area (Å²) in [5.74, 6) is 0.842. The van der Waals surface area contributed by atoms with Crippen LogP contribution in [0.25, 0.3) is 0 Å². The first-order valence-corrected chi connectivity index (χ1v) is 7.59. The van der Waals surface area contributed by atoms with Gasteiger partial charge >= 0.3 is 0 Å². The Morgan fingerprint density at radius 3 is 2.75 bits per heavy atom. The minimum absolute atomic E-state index is 0.00167. The molecule has 0 saturated heterocycles. The quantitative estimate of drug-likeness (QED) is 0.819. The number of rotatable bonds is 5. The average Bonchev–Trinajstić information content (AvgIpc) is 2.91. The summed E-state index contributed by atoms with van der Waals surface area (Å²) in [5, 5.41) is 3.04. The highest BCUT2D eigenvalue weighted by molar-refractivity contribution is 7.80. The number of hydrogen-bond acceptors (Lipinski definition) is 3. The first-order valence-electron chi connectivity index (χ1n) is 7.18. The largest absolute Gasteiger partial charge is 0.469 e. The van der Waals surface area contributed by atoms with E-state index >= 15 is 0 Å². The summed E-state index contributed by atoms with van der Waals surface area (Å²) in [7, 11) is 0. The summed E-state index contributed by atoms with van der Waals surface area (Å²) in [4.78, 5) is 12.9. The second-order valence-corrected chi connectivity index (χ2v) is 6.10. The zero-order valence-corrected chi connectivity index (χ0v) is 12.7. The first kappa shape index (κ1) is 15.0. The Kier molecular flexibility index (Phi) is 4.81. The van der Waals surface area contributed by atoms with Gasteiger partial charge in [0.1, 0.15) is 5.76 Å². The maximum Gasteiger partial charge on any atom is 0.233 e. The fraction of sp³-hybridized carbons (Fsp3) is 0.600. The Balaban J connectivity index is 1.99. The molecular formula is C15H22N2O2S. The van der Waals surface area contributed by atoms with Gasteiger partial charge in [-0.05, 0) is 31.9 Å². The van der Waals surface area contributed by atoms with Crippen molar-refractivity contribution in [1.82, 2.24) is 5.32 Å². The molecule has 1 aromatic heterocycles. The summed E-state index contributed by atoms with van der Waals surface area (Å²) >= 11 is 5.17. The van der Waals surface area contributed by atoms with Gasteiger partial charge in [0.25, 0.3) is 0 Å². The van der Waals surface area contributed by atoms with Crippen LogP contribution in [-0.2, 0) is 11.2 Å². The molecule has 0 bridgehead atoms. The SMILES string of the molecule is CC(Cc1ccco1)NC(=O)C1(C(N)=S)CCCCC1. The summed E-state index contributed by atoms with van der Waals surface area (Å²) < 4.78 is 5.30. The lowest BCUT2D eigenvalue weighted by Crippen LogP contribution is -2.52. The molecule has 0 aromatic carbocycles. The van der Waals surface area contributed by atoms with Gasteiger partial charge in [0.2, 0.25) is 5.91 Å². The van der Waals surface area contributed by atoms with Crippen molar-refractivity contribution in [2.24, 2.45) is 11.1 Å². The fourth-order valence-electron chi connectivity index (χ4n) is 2.88. The van der Waals surface area contributed by atoms with Crippen molar-refractivity contribution in [1.29, 1.82) is 0 Å². The van der Waals surface area contributed by atoms with E-state index in [4.69, 9.17) is 22.4 Å². The topological polar surface area (TPSA) is 68.3 Å². The van der Waals surface area contributed by atoms with Crippen LogP contribution in [0.15, 0.2) is 22.8 Å². The van der Waals surface area contributed by atoms with Crippen LogP contribution in [0.4, 0.5) is 0 Å². The molecule has 1 aromatic rings. The Bertz CT molecular complexity index is 464. The number of thiocarbonyl (C=S) groups is 1. The first-order chi connectivity index (χ1) is 9.54. The molecule has 1 unspecified atom stereocenters. The molecule has 0 radical (unpaired) electrons. The maximum atomic E-state index is 12.6. The van der Waals surface area contributed by atoms with Gasteiger partial charge in [-0.15, -0.1) is 0 Å². The van der Waals surface area contributed by atoms with E-state index in [9.17, 15) is 4.79 Å². The summed E-state index contributed by atoms with van der Waals surface area (Å²) in [6.45, 7) is 1.97. The maximum absolute atomic E-state index is 12.6. The molecule has 110 valence electrons. The van der Waals surface area contributed by atoms with Crippen LogP contribution < -0.4 is 11.1 Å². The van der Waals surface area contributed by atoms with Crippen molar-refractivity contribution in [2.45, 2.75) is 51.5 Å². The van der Waals surface area contributed by atoms with E-state index in [0.29, 0.717) is 11.4 Å². The third-order valence-corrected chi connectivity index (χ3v) is 4.47. The number of carbonyl (C=O) groups excluding carboxylic acids is 1. The van der Waals surface area contributed by atoms with Gasteiger partial charge in [-0.3, -0.25) is 4.79 Å². The molecule has 1 heterocycles. The monoisotopic (exact) mass is 294 g/mol. The fourth-order valence-corrected chi connectivity index (χ4v) is 3.18. The van der Waals surface area contributed by atoms with Gasteiger partial charge in [-0.25, -0.2) is 0 Å². The Morgan fingerprint density at radius 2 is 2.20 bits per heavy atom. The van der Waals surface area contributed by atoms with Crippen molar-refractivity contribution in [2.75, 3.05) is 0 Å². The minimum atomic E-state index is -0.648. The van der Waals surface area contributed by atoms with Crippen molar-refractivity contribution in [3.8, 4) is 0 Å². The molecule has 1 aliphatic carbocycles. The van der Waals surface area contributed by atoms with Crippen LogP contribution in [0, 0.1) is 5.41 Å². The molecule has 0 spiro atoms. The van der Waals surface area contributed by atoms with Gasteiger partial charge < -0.3 is 15.5 Å². The highest BCUT2D eigenvalue weighted by atomic mass is 32.1. The van der Waals surface area contributed by atoms with E-state index in [1.807, 2.05) is 19.1 Å². The van der Waals surface area contributed by atoms with Gasteiger partial charge in [0, 0.05) is 12.5 Å². The Labute approximate surface area is 125 Å². The standard InChI is InChI=1S/C15H22N2O2S/c1-11(10-12-6-5-9-19-12)17-14(18)15(13(16)20)7-3-2-4-8-15/h5-6,9,11H,2-4,7-8,10H2,1H3,(H2,16,20)(H,17,18). The minimum Gasteiger partial charge on any atom is -0.469 e. The highest BCUT2D eigenvalue weighted by Crippen LogP contribution is 2.37. The molecule has 1 aliphatic rings. The normalized spacial score (nSPS) is 19.2. The number of nitrogens with one attached hydrogen (secondary N) is 1. The average molecular weight is 294 g/mol. The second kappa shape index (κ2) is 6.39. The van der Waals surface area contributed by atoms with Crippen LogP contribution in [0.2, 0.25) is 0 Å². The van der Waals surface area contributed by atoms with Crippen molar-refractivity contribution in [3.05, 3.63) is 24.2 Å². The zero-order chi connectivity index (χ0) is 14.6. The Morgan fingerprint density at radius 1 is 1.50 bits per heavy atom. The molecule has 0 aliphatic heterocycles. The summed E-state index contributed by atoms with van der Waals surface area (Å²) in [6, 6.07) is 3.76.